The van der Waals surface area contributed by atoms with E-state index in [1.54, 1.807) is 4.31 Å². The van der Waals surface area contributed by atoms with Gasteiger partial charge in [0.2, 0.25) is 0 Å². The number of esters is 1. The molecule has 0 spiro atoms. The van der Waals surface area contributed by atoms with Gasteiger partial charge in [-0.3, -0.25) is 4.79 Å². The van der Waals surface area contributed by atoms with Gasteiger partial charge in [0.05, 0.1) is 13.0 Å². The van der Waals surface area contributed by atoms with Crippen molar-refractivity contribution in [1.82, 2.24) is 13.9 Å². The quantitative estimate of drug-likeness (QED) is 0.532. The zero-order valence-electron chi connectivity index (χ0n) is 15.7. The third-order valence-corrected chi connectivity index (χ3v) is 6.78. The van der Waals surface area contributed by atoms with Crippen molar-refractivity contribution in [2.45, 2.75) is 39.5 Å². The number of carbonyl (C=O) groups is 1. The molecule has 0 amide bonds. The molecule has 2 heterocycles. The van der Waals surface area contributed by atoms with Crippen LogP contribution in [0.4, 0.5) is 0 Å². The Hall–Kier alpha value is -0.700. The van der Waals surface area contributed by atoms with Crippen molar-refractivity contribution in [3.8, 4) is 0 Å². The van der Waals surface area contributed by atoms with E-state index in [0.29, 0.717) is 31.5 Å². The summed E-state index contributed by atoms with van der Waals surface area (Å²) in [4.78, 5) is 13.8. The van der Waals surface area contributed by atoms with Crippen LogP contribution in [0.25, 0.3) is 0 Å². The fourth-order valence-electron chi connectivity index (χ4n) is 3.96. The number of piperidine rings is 2. The molecule has 0 unspecified atom stereocenters. The van der Waals surface area contributed by atoms with Crippen LogP contribution in [0.2, 0.25) is 0 Å². The molecule has 2 atom stereocenters. The standard InChI is InChI=1S/C17H33N3O4S/c1-14-11-15(2)13-20(12-14)25(22,23)18-7-4-8-19-9-5-16(6-10-19)17(21)24-3/h14-16,18H,4-13H2,1-3H3/t14-,15-/m1/s1. The lowest BCUT2D eigenvalue weighted by atomic mass is 9.94. The largest absolute Gasteiger partial charge is 0.469 e. The highest BCUT2D eigenvalue weighted by molar-refractivity contribution is 7.87. The molecule has 146 valence electrons. The van der Waals surface area contributed by atoms with Crippen LogP contribution >= 0.6 is 0 Å². The first-order valence-corrected chi connectivity index (χ1v) is 10.8. The van der Waals surface area contributed by atoms with Gasteiger partial charge in [-0.2, -0.15) is 12.7 Å². The lowest BCUT2D eigenvalue weighted by Crippen LogP contribution is -2.48. The minimum Gasteiger partial charge on any atom is -0.469 e. The van der Waals surface area contributed by atoms with E-state index >= 15 is 0 Å². The molecule has 2 rings (SSSR count). The van der Waals surface area contributed by atoms with Crippen LogP contribution in [0.3, 0.4) is 0 Å². The van der Waals surface area contributed by atoms with Crippen LogP contribution in [-0.2, 0) is 19.7 Å². The van der Waals surface area contributed by atoms with Gasteiger partial charge in [-0.1, -0.05) is 13.8 Å². The van der Waals surface area contributed by atoms with Crippen molar-refractivity contribution in [2.24, 2.45) is 17.8 Å². The van der Waals surface area contributed by atoms with E-state index in [0.717, 1.165) is 45.3 Å². The Balaban J connectivity index is 1.66. The van der Waals surface area contributed by atoms with Gasteiger partial charge < -0.3 is 9.64 Å². The van der Waals surface area contributed by atoms with E-state index in [1.165, 1.54) is 7.11 Å². The molecule has 7 nitrogen and oxygen atoms in total. The molecule has 0 aromatic carbocycles. The third-order valence-electron chi connectivity index (χ3n) is 5.23. The van der Waals surface area contributed by atoms with Crippen LogP contribution in [0.1, 0.15) is 39.5 Å². The van der Waals surface area contributed by atoms with E-state index in [-0.39, 0.29) is 11.9 Å². The molecule has 8 heteroatoms. The zero-order valence-corrected chi connectivity index (χ0v) is 16.6. The minimum absolute atomic E-state index is 0.0165. The van der Waals surface area contributed by atoms with Gasteiger partial charge in [0.1, 0.15) is 0 Å². The maximum atomic E-state index is 12.4. The highest BCUT2D eigenvalue weighted by Crippen LogP contribution is 2.22. The van der Waals surface area contributed by atoms with E-state index in [4.69, 9.17) is 4.74 Å². The fourth-order valence-corrected chi connectivity index (χ4v) is 5.44. The van der Waals surface area contributed by atoms with Gasteiger partial charge in [-0.15, -0.1) is 0 Å². The molecule has 2 fully saturated rings. The summed E-state index contributed by atoms with van der Waals surface area (Å²) in [6, 6.07) is 0. The van der Waals surface area contributed by atoms with Crippen molar-refractivity contribution in [1.29, 1.82) is 0 Å². The summed E-state index contributed by atoms with van der Waals surface area (Å²) in [6.45, 7) is 8.48. The first-order valence-electron chi connectivity index (χ1n) is 9.36. The molecule has 1 N–H and O–H groups in total. The average molecular weight is 376 g/mol. The molecule has 2 aliphatic rings. The molecule has 0 bridgehead atoms. The Morgan fingerprint density at radius 3 is 2.32 bits per heavy atom. The third kappa shape index (κ3) is 6.20. The SMILES string of the molecule is COC(=O)C1CCN(CCCNS(=O)(=O)N2C[C@H](C)C[C@@H](C)C2)CC1. The summed E-state index contributed by atoms with van der Waals surface area (Å²) in [7, 11) is -1.94. The van der Waals surface area contributed by atoms with Gasteiger partial charge in [-0.25, -0.2) is 4.72 Å². The lowest BCUT2D eigenvalue weighted by molar-refractivity contribution is -0.147. The summed E-state index contributed by atoms with van der Waals surface area (Å²) < 4.78 is 34.0. The molecule has 0 saturated carbocycles. The van der Waals surface area contributed by atoms with Crippen molar-refractivity contribution in [3.63, 3.8) is 0 Å². The zero-order chi connectivity index (χ0) is 18.4. The first kappa shape index (κ1) is 20.6. The number of methoxy groups -OCH3 is 1. The molecular formula is C17H33N3O4S. The van der Waals surface area contributed by atoms with Crippen LogP contribution in [-0.4, -0.2) is 70.0 Å². The highest BCUT2D eigenvalue weighted by Gasteiger charge is 2.30. The maximum Gasteiger partial charge on any atom is 0.308 e. The molecule has 0 aromatic heterocycles. The monoisotopic (exact) mass is 375 g/mol. The van der Waals surface area contributed by atoms with E-state index < -0.39 is 10.2 Å². The minimum atomic E-state index is -3.37. The molecule has 2 aliphatic heterocycles. The smallest absolute Gasteiger partial charge is 0.308 e. The van der Waals surface area contributed by atoms with Crippen molar-refractivity contribution in [2.75, 3.05) is 46.4 Å². The van der Waals surface area contributed by atoms with Crippen LogP contribution in [0.15, 0.2) is 0 Å². The number of nitrogens with one attached hydrogen (secondary N) is 1. The molecule has 25 heavy (non-hydrogen) atoms. The van der Waals surface area contributed by atoms with Crippen molar-refractivity contribution < 1.29 is 17.9 Å². The normalized spacial score (nSPS) is 27.3. The Morgan fingerprint density at radius 2 is 1.76 bits per heavy atom. The number of rotatable bonds is 7. The van der Waals surface area contributed by atoms with Crippen LogP contribution in [0, 0.1) is 17.8 Å². The second-order valence-corrected chi connectivity index (χ2v) is 9.41. The molecule has 0 aliphatic carbocycles. The Labute approximate surface area is 152 Å². The number of nitrogens with zero attached hydrogens (tertiary/aromatic N) is 2. The molecule has 0 radical (unpaired) electrons. The average Bonchev–Trinajstić information content (AvgIpc) is 2.58. The van der Waals surface area contributed by atoms with Crippen molar-refractivity contribution in [3.05, 3.63) is 0 Å². The molecule has 0 aromatic rings. The Bertz CT molecular complexity index is 522. The summed E-state index contributed by atoms with van der Waals surface area (Å²) in [6.07, 6.45) is 3.51. The van der Waals surface area contributed by atoms with E-state index in [2.05, 4.69) is 23.5 Å². The van der Waals surface area contributed by atoms with E-state index in [9.17, 15) is 13.2 Å². The summed E-state index contributed by atoms with van der Waals surface area (Å²) in [5.41, 5.74) is 0. The summed E-state index contributed by atoms with van der Waals surface area (Å²) in [5, 5.41) is 0. The number of hydrogen-bond donors (Lipinski definition) is 1. The van der Waals surface area contributed by atoms with Gasteiger partial charge in [0, 0.05) is 19.6 Å². The number of likely N-dealkylation sites (tertiary alicyclic amines) is 1. The lowest BCUT2D eigenvalue weighted by Gasteiger charge is -2.34. The number of hydrogen-bond acceptors (Lipinski definition) is 5. The second-order valence-electron chi connectivity index (χ2n) is 7.66. The van der Waals surface area contributed by atoms with Crippen LogP contribution < -0.4 is 4.72 Å². The summed E-state index contributed by atoms with van der Waals surface area (Å²) >= 11 is 0. The van der Waals surface area contributed by atoms with E-state index in [1.807, 2.05) is 0 Å². The Kier molecular flexibility index (Phi) is 7.67. The van der Waals surface area contributed by atoms with Crippen LogP contribution in [0.5, 0.6) is 0 Å². The maximum absolute atomic E-state index is 12.4. The van der Waals surface area contributed by atoms with Crippen molar-refractivity contribution >= 4 is 16.2 Å². The molecular weight excluding hydrogens is 342 g/mol. The predicted octanol–water partition coefficient (Wildman–Crippen LogP) is 1.07. The number of ether oxygens (including phenoxy) is 1. The van der Waals surface area contributed by atoms with Gasteiger partial charge in [-0.05, 0) is 57.2 Å². The number of carbonyl (C=O) groups excluding carboxylic acids is 1. The highest BCUT2D eigenvalue weighted by atomic mass is 32.2. The predicted molar refractivity (Wildman–Crippen MR) is 97.2 cm³/mol. The topological polar surface area (TPSA) is 79.0 Å². The fraction of sp³-hybridized carbons (Fsp3) is 0.941. The Morgan fingerprint density at radius 1 is 1.16 bits per heavy atom. The van der Waals surface area contributed by atoms with Gasteiger partial charge in [0.15, 0.2) is 0 Å². The van der Waals surface area contributed by atoms with Gasteiger partial charge in [0.25, 0.3) is 10.2 Å². The summed E-state index contributed by atoms with van der Waals surface area (Å²) in [5.74, 6) is 0.730. The van der Waals surface area contributed by atoms with Gasteiger partial charge >= 0.3 is 5.97 Å². The molecule has 2 saturated heterocycles. The second kappa shape index (κ2) is 9.30. The first-order chi connectivity index (χ1) is 11.8.